The van der Waals surface area contributed by atoms with Crippen molar-refractivity contribution in [1.29, 1.82) is 0 Å². The van der Waals surface area contributed by atoms with E-state index in [0.717, 1.165) is 18.5 Å². The first-order valence-corrected chi connectivity index (χ1v) is 11.5. The normalized spacial score (nSPS) is 12.8. The third-order valence-corrected chi connectivity index (χ3v) is 5.67. The Morgan fingerprint density at radius 1 is 0.929 bits per heavy atom. The average Bonchev–Trinajstić information content (AvgIpc) is 2.67. The van der Waals surface area contributed by atoms with E-state index in [9.17, 15) is 5.11 Å². The Kier molecular flexibility index (Phi) is 10.6. The van der Waals surface area contributed by atoms with E-state index in [2.05, 4.69) is 23.7 Å². The number of aliphatic hydroxyl groups is 1. The monoisotopic (exact) mass is 424 g/mol. The van der Waals surface area contributed by atoms with Gasteiger partial charge in [-0.2, -0.15) is 0 Å². The van der Waals surface area contributed by atoms with Gasteiger partial charge in [-0.1, -0.05) is 81.6 Å². The van der Waals surface area contributed by atoms with Crippen LogP contribution in [0.1, 0.15) is 77.0 Å². The van der Waals surface area contributed by atoms with Crippen LogP contribution in [0.15, 0.2) is 24.3 Å². The molecule has 0 aliphatic rings. The summed E-state index contributed by atoms with van der Waals surface area (Å²) in [5.74, 6) is 0. The van der Waals surface area contributed by atoms with Gasteiger partial charge in [0.05, 0.1) is 16.2 Å². The summed E-state index contributed by atoms with van der Waals surface area (Å²) in [6.07, 6.45) is 9.29. The highest BCUT2D eigenvalue weighted by atomic mass is 35.5. The number of aromatic nitrogens is 1. The zero-order valence-electron chi connectivity index (χ0n) is 17.3. The number of fused-ring (bicyclic) bond motifs is 1. The molecule has 2 aromatic rings. The van der Waals surface area contributed by atoms with Crippen molar-refractivity contribution in [2.24, 2.45) is 0 Å². The van der Waals surface area contributed by atoms with Crippen LogP contribution in [0.3, 0.4) is 0 Å². The minimum Gasteiger partial charge on any atom is -0.385 e. The van der Waals surface area contributed by atoms with Gasteiger partial charge >= 0.3 is 0 Å². The molecule has 1 unspecified atom stereocenters. The van der Waals surface area contributed by atoms with Crippen LogP contribution in [0.4, 0.5) is 0 Å². The zero-order chi connectivity index (χ0) is 20.4. The van der Waals surface area contributed by atoms with Crippen molar-refractivity contribution in [2.45, 2.75) is 71.3 Å². The molecule has 1 aromatic carbocycles. The third kappa shape index (κ3) is 7.51. The summed E-state index contributed by atoms with van der Waals surface area (Å²) in [5, 5.41) is 12.8. The molecule has 0 amide bonds. The number of benzene rings is 1. The lowest BCUT2D eigenvalue weighted by Crippen LogP contribution is -2.31. The second-order valence-corrected chi connectivity index (χ2v) is 8.48. The molecule has 1 atom stereocenters. The molecule has 0 saturated heterocycles. The fraction of sp³-hybridized carbons (Fsp3) is 0.609. The van der Waals surface area contributed by atoms with Crippen LogP contribution in [0.2, 0.25) is 10.0 Å². The number of halogens is 2. The summed E-state index contributed by atoms with van der Waals surface area (Å²) in [6, 6.07) is 7.36. The van der Waals surface area contributed by atoms with E-state index < -0.39 is 6.10 Å². The van der Waals surface area contributed by atoms with E-state index in [0.29, 0.717) is 27.8 Å². The lowest BCUT2D eigenvalue weighted by atomic mass is 10.1. The highest BCUT2D eigenvalue weighted by Gasteiger charge is 2.16. The topological polar surface area (TPSA) is 36.4 Å². The lowest BCUT2D eigenvalue weighted by molar-refractivity contribution is 0.107. The fourth-order valence-corrected chi connectivity index (χ4v) is 4.07. The van der Waals surface area contributed by atoms with Gasteiger partial charge in [-0.25, -0.2) is 4.98 Å². The van der Waals surface area contributed by atoms with Crippen LogP contribution >= 0.6 is 23.2 Å². The maximum absolute atomic E-state index is 10.8. The van der Waals surface area contributed by atoms with E-state index in [1.165, 1.54) is 51.4 Å². The molecule has 5 heteroatoms. The molecule has 0 aliphatic heterocycles. The molecule has 3 nitrogen and oxygen atoms in total. The SMILES string of the molecule is CCCCCCN(CCCCCC)CC(O)c1ccc2cc(Cl)cc(Cl)c2n1. The molecule has 1 heterocycles. The molecule has 0 fully saturated rings. The molecule has 0 aliphatic carbocycles. The average molecular weight is 425 g/mol. The first-order chi connectivity index (χ1) is 13.5. The Labute approximate surface area is 180 Å². The minimum atomic E-state index is -0.617. The minimum absolute atomic E-state index is 0.521. The molecule has 1 aromatic heterocycles. The number of aliphatic hydroxyl groups excluding tert-OH is 1. The van der Waals surface area contributed by atoms with Gasteiger partial charge in [-0.05, 0) is 44.1 Å². The highest BCUT2D eigenvalue weighted by Crippen LogP contribution is 2.28. The quantitative estimate of drug-likeness (QED) is 0.350. The van der Waals surface area contributed by atoms with Gasteiger partial charge in [0.1, 0.15) is 6.10 Å². The Balaban J connectivity index is 2.03. The van der Waals surface area contributed by atoms with Gasteiger partial charge < -0.3 is 10.0 Å². The lowest BCUT2D eigenvalue weighted by Gasteiger charge is -2.25. The van der Waals surface area contributed by atoms with Crippen molar-refractivity contribution in [3.63, 3.8) is 0 Å². The Bertz CT molecular complexity index is 711. The molecular weight excluding hydrogens is 391 g/mol. The third-order valence-electron chi connectivity index (χ3n) is 5.16. The number of pyridine rings is 1. The standard InChI is InChI=1S/C23H34Cl2N2O/c1-3-5-7-9-13-27(14-10-8-6-4-2)17-22(28)21-12-11-18-15-19(24)16-20(25)23(18)26-21/h11-12,15-16,22,28H,3-10,13-14,17H2,1-2H3. The molecule has 2 rings (SSSR count). The fourth-order valence-electron chi connectivity index (χ4n) is 3.51. The van der Waals surface area contributed by atoms with Crippen molar-refractivity contribution >= 4 is 34.1 Å². The zero-order valence-corrected chi connectivity index (χ0v) is 18.8. The molecule has 0 spiro atoms. The summed E-state index contributed by atoms with van der Waals surface area (Å²) >= 11 is 12.4. The Morgan fingerprint density at radius 2 is 1.57 bits per heavy atom. The number of rotatable bonds is 13. The van der Waals surface area contributed by atoms with E-state index in [4.69, 9.17) is 23.2 Å². The maximum Gasteiger partial charge on any atom is 0.109 e. The van der Waals surface area contributed by atoms with Gasteiger partial charge in [0.25, 0.3) is 0 Å². The molecule has 1 N–H and O–H groups in total. The predicted octanol–water partition coefficient (Wildman–Crippen LogP) is 7.04. The largest absolute Gasteiger partial charge is 0.385 e. The van der Waals surface area contributed by atoms with Crippen molar-refractivity contribution < 1.29 is 5.11 Å². The Hall–Kier alpha value is -0.870. The van der Waals surface area contributed by atoms with Crippen molar-refractivity contribution in [1.82, 2.24) is 9.88 Å². The van der Waals surface area contributed by atoms with Gasteiger partial charge in [0.2, 0.25) is 0 Å². The predicted molar refractivity (Wildman–Crippen MR) is 121 cm³/mol. The van der Waals surface area contributed by atoms with Crippen molar-refractivity contribution in [3.05, 3.63) is 40.0 Å². The number of unbranched alkanes of at least 4 members (excludes halogenated alkanes) is 6. The number of hydrogen-bond acceptors (Lipinski definition) is 3. The van der Waals surface area contributed by atoms with Crippen LogP contribution in [-0.4, -0.2) is 34.6 Å². The summed E-state index contributed by atoms with van der Waals surface area (Å²) < 4.78 is 0. The van der Waals surface area contributed by atoms with Gasteiger partial charge in [-0.3, -0.25) is 0 Å². The van der Waals surface area contributed by atoms with Crippen LogP contribution in [0.5, 0.6) is 0 Å². The van der Waals surface area contributed by atoms with Crippen LogP contribution in [-0.2, 0) is 0 Å². The van der Waals surface area contributed by atoms with Crippen LogP contribution < -0.4 is 0 Å². The second kappa shape index (κ2) is 12.6. The summed E-state index contributed by atoms with van der Waals surface area (Å²) in [6.45, 7) is 7.15. The van der Waals surface area contributed by atoms with Gasteiger partial charge in [-0.15, -0.1) is 0 Å². The van der Waals surface area contributed by atoms with Gasteiger partial charge in [0, 0.05) is 17.0 Å². The Morgan fingerprint density at radius 3 is 2.18 bits per heavy atom. The molecular formula is C23H34Cl2N2O. The first kappa shape index (κ1) is 23.4. The second-order valence-electron chi connectivity index (χ2n) is 7.63. The molecule has 156 valence electrons. The summed E-state index contributed by atoms with van der Waals surface area (Å²) in [7, 11) is 0. The molecule has 0 bridgehead atoms. The number of nitrogens with zero attached hydrogens (tertiary/aromatic N) is 2. The van der Waals surface area contributed by atoms with Crippen LogP contribution in [0.25, 0.3) is 10.9 Å². The first-order valence-electron chi connectivity index (χ1n) is 10.7. The van der Waals surface area contributed by atoms with Crippen molar-refractivity contribution in [2.75, 3.05) is 19.6 Å². The maximum atomic E-state index is 10.8. The number of hydrogen-bond donors (Lipinski definition) is 1. The summed E-state index contributed by atoms with van der Waals surface area (Å²) in [5.41, 5.74) is 1.36. The van der Waals surface area contributed by atoms with E-state index in [1.807, 2.05) is 18.2 Å². The highest BCUT2D eigenvalue weighted by molar-refractivity contribution is 6.38. The molecule has 0 radical (unpaired) electrons. The van der Waals surface area contributed by atoms with Crippen molar-refractivity contribution in [3.8, 4) is 0 Å². The van der Waals surface area contributed by atoms with Gasteiger partial charge in [0.15, 0.2) is 0 Å². The smallest absolute Gasteiger partial charge is 0.109 e. The van der Waals surface area contributed by atoms with E-state index in [-0.39, 0.29) is 0 Å². The molecule has 0 saturated carbocycles. The summed E-state index contributed by atoms with van der Waals surface area (Å²) in [4.78, 5) is 7.02. The van der Waals surface area contributed by atoms with Crippen LogP contribution in [0, 0.1) is 0 Å². The van der Waals surface area contributed by atoms with E-state index in [1.54, 1.807) is 6.07 Å². The molecule has 28 heavy (non-hydrogen) atoms. The van der Waals surface area contributed by atoms with E-state index >= 15 is 0 Å².